The average Bonchev–Trinajstić information content (AvgIpc) is 3.11. The molecular weight excluding hydrogens is 534 g/mol. The number of rotatable bonds is 5. The van der Waals surface area contributed by atoms with E-state index in [4.69, 9.17) is 15.7 Å². The zero-order chi connectivity index (χ0) is 29.5. The molecule has 0 radical (unpaired) electrons. The third-order valence-electron chi connectivity index (χ3n) is 8.48. The molecule has 0 aliphatic carbocycles. The van der Waals surface area contributed by atoms with Gasteiger partial charge in [0.1, 0.15) is 0 Å². The van der Waals surface area contributed by atoms with E-state index in [0.29, 0.717) is 12.4 Å². The Labute approximate surface area is 256 Å². The van der Waals surface area contributed by atoms with Gasteiger partial charge in [0.05, 0.1) is 11.4 Å². The molecule has 0 unspecified atom stereocenters. The van der Waals surface area contributed by atoms with Crippen LogP contribution in [0.2, 0.25) is 0 Å². The molecule has 0 atom stereocenters. The van der Waals surface area contributed by atoms with Crippen LogP contribution in [-0.2, 0) is 6.54 Å². The van der Waals surface area contributed by atoms with Crippen molar-refractivity contribution in [3.05, 3.63) is 157 Å². The summed E-state index contributed by atoms with van der Waals surface area (Å²) in [7, 11) is 0. The summed E-state index contributed by atoms with van der Waals surface area (Å²) in [5, 5.41) is 7.34. The molecule has 1 heterocycles. The zero-order valence-corrected chi connectivity index (χ0v) is 24.1. The number of hydrogen-bond donors (Lipinski definition) is 1. The van der Waals surface area contributed by atoms with E-state index in [1.807, 2.05) is 18.2 Å². The molecule has 0 fully saturated rings. The molecule has 0 bridgehead atoms. The molecule has 0 aliphatic heterocycles. The van der Waals surface area contributed by atoms with Crippen molar-refractivity contribution in [3.8, 4) is 45.0 Å². The first kappa shape index (κ1) is 26.0. The minimum Gasteiger partial charge on any atom is -0.326 e. The number of aromatic nitrogens is 2. The van der Waals surface area contributed by atoms with Crippen LogP contribution in [0.5, 0.6) is 0 Å². The van der Waals surface area contributed by atoms with E-state index >= 15 is 0 Å². The van der Waals surface area contributed by atoms with Gasteiger partial charge in [0.2, 0.25) is 0 Å². The molecule has 2 N–H and O–H groups in total. The Hall–Kier alpha value is -5.64. The maximum Gasteiger partial charge on any atom is 0.160 e. The van der Waals surface area contributed by atoms with Crippen LogP contribution >= 0.6 is 0 Å². The van der Waals surface area contributed by atoms with E-state index in [1.54, 1.807) is 0 Å². The van der Waals surface area contributed by atoms with Gasteiger partial charge < -0.3 is 5.73 Å². The largest absolute Gasteiger partial charge is 0.326 e. The average molecular weight is 564 g/mol. The van der Waals surface area contributed by atoms with Crippen LogP contribution in [0, 0.1) is 0 Å². The Kier molecular flexibility index (Phi) is 6.44. The lowest BCUT2D eigenvalue weighted by molar-refractivity contribution is 1.08. The molecule has 208 valence electrons. The van der Waals surface area contributed by atoms with E-state index < -0.39 is 0 Å². The fraction of sp³-hybridized carbons (Fsp3) is 0.0244. The second-order valence-electron chi connectivity index (χ2n) is 11.2. The topological polar surface area (TPSA) is 51.8 Å². The summed E-state index contributed by atoms with van der Waals surface area (Å²) in [6, 6.07) is 53.3. The highest BCUT2D eigenvalue weighted by Crippen LogP contribution is 2.34. The first-order chi connectivity index (χ1) is 21.7. The standard InChI is InChI=1S/C41H29N3/c42-26-35-22-31-11-4-5-12-32(31)24-38(35)28-14-17-30(18-15-28)41-43-39(29-9-2-1-3-10-29)25-40(44-41)34-20-21-37-33(23-34)19-16-27-8-6-7-13-36(27)37/h1-25H,26,42H2. The zero-order valence-electron chi connectivity index (χ0n) is 24.1. The smallest absolute Gasteiger partial charge is 0.160 e. The van der Waals surface area contributed by atoms with Crippen molar-refractivity contribution in [3.63, 3.8) is 0 Å². The van der Waals surface area contributed by atoms with Crippen LogP contribution in [0.4, 0.5) is 0 Å². The predicted molar refractivity (Wildman–Crippen MR) is 184 cm³/mol. The molecule has 0 amide bonds. The molecular formula is C41H29N3. The highest BCUT2D eigenvalue weighted by atomic mass is 14.9. The lowest BCUT2D eigenvalue weighted by Gasteiger charge is -2.13. The van der Waals surface area contributed by atoms with Crippen molar-refractivity contribution in [2.75, 3.05) is 0 Å². The number of hydrogen-bond acceptors (Lipinski definition) is 3. The predicted octanol–water partition coefficient (Wildman–Crippen LogP) is 10.1. The molecule has 8 rings (SSSR count). The summed E-state index contributed by atoms with van der Waals surface area (Å²) in [4.78, 5) is 10.2. The summed E-state index contributed by atoms with van der Waals surface area (Å²) in [5.41, 5.74) is 14.5. The van der Waals surface area contributed by atoms with Crippen molar-refractivity contribution in [1.29, 1.82) is 0 Å². The van der Waals surface area contributed by atoms with E-state index in [2.05, 4.69) is 133 Å². The van der Waals surface area contributed by atoms with Crippen LogP contribution in [0.25, 0.3) is 77.3 Å². The highest BCUT2D eigenvalue weighted by Gasteiger charge is 2.13. The third-order valence-corrected chi connectivity index (χ3v) is 8.48. The molecule has 3 heteroatoms. The monoisotopic (exact) mass is 563 g/mol. The molecule has 8 aromatic rings. The quantitative estimate of drug-likeness (QED) is 0.212. The van der Waals surface area contributed by atoms with Crippen LogP contribution < -0.4 is 5.73 Å². The second-order valence-corrected chi connectivity index (χ2v) is 11.2. The van der Waals surface area contributed by atoms with Gasteiger partial charge in [0, 0.05) is 23.2 Å². The molecule has 0 saturated carbocycles. The molecule has 7 aromatic carbocycles. The number of fused-ring (bicyclic) bond motifs is 4. The lowest BCUT2D eigenvalue weighted by Crippen LogP contribution is -1.99. The van der Waals surface area contributed by atoms with E-state index in [1.165, 1.54) is 32.3 Å². The van der Waals surface area contributed by atoms with Gasteiger partial charge in [-0.2, -0.15) is 0 Å². The number of nitrogens with two attached hydrogens (primary N) is 1. The Morgan fingerprint density at radius 3 is 1.77 bits per heavy atom. The first-order valence-corrected chi connectivity index (χ1v) is 14.9. The third kappa shape index (κ3) is 4.70. The van der Waals surface area contributed by atoms with Gasteiger partial charge in [0.15, 0.2) is 5.82 Å². The van der Waals surface area contributed by atoms with Gasteiger partial charge in [-0.15, -0.1) is 0 Å². The summed E-state index contributed by atoms with van der Waals surface area (Å²) in [6.07, 6.45) is 0. The Bertz CT molecular complexity index is 2310. The number of nitrogens with zero attached hydrogens (tertiary/aromatic N) is 2. The van der Waals surface area contributed by atoms with Gasteiger partial charge in [-0.05, 0) is 73.3 Å². The summed E-state index contributed by atoms with van der Waals surface area (Å²) >= 11 is 0. The maximum absolute atomic E-state index is 6.19. The van der Waals surface area contributed by atoms with Gasteiger partial charge in [-0.3, -0.25) is 0 Å². The molecule has 0 aliphatic rings. The second kappa shape index (κ2) is 10.9. The SMILES string of the molecule is NCc1cc2ccccc2cc1-c1ccc(-c2nc(-c3ccccc3)cc(-c3ccc4c(ccc5ccccc54)c3)n2)cc1. The van der Waals surface area contributed by atoms with Crippen LogP contribution in [0.1, 0.15) is 5.56 Å². The summed E-state index contributed by atoms with van der Waals surface area (Å²) in [5.74, 6) is 0.698. The van der Waals surface area contributed by atoms with E-state index in [-0.39, 0.29) is 0 Å². The molecule has 44 heavy (non-hydrogen) atoms. The van der Waals surface area contributed by atoms with Crippen LogP contribution in [0.15, 0.2) is 152 Å². The van der Waals surface area contributed by atoms with Gasteiger partial charge in [-0.1, -0.05) is 127 Å². The Morgan fingerprint density at radius 1 is 0.409 bits per heavy atom. The fourth-order valence-corrected chi connectivity index (χ4v) is 6.18. The van der Waals surface area contributed by atoms with Crippen LogP contribution in [0.3, 0.4) is 0 Å². The number of benzene rings is 7. The lowest BCUT2D eigenvalue weighted by atomic mass is 9.95. The van der Waals surface area contributed by atoms with Crippen molar-refractivity contribution < 1.29 is 0 Å². The normalized spacial score (nSPS) is 11.4. The molecule has 0 saturated heterocycles. The van der Waals surface area contributed by atoms with Crippen molar-refractivity contribution in [2.24, 2.45) is 5.73 Å². The molecule has 3 nitrogen and oxygen atoms in total. The Balaban J connectivity index is 1.24. The van der Waals surface area contributed by atoms with Gasteiger partial charge in [-0.25, -0.2) is 9.97 Å². The van der Waals surface area contributed by atoms with E-state index in [9.17, 15) is 0 Å². The highest BCUT2D eigenvalue weighted by molar-refractivity contribution is 6.08. The summed E-state index contributed by atoms with van der Waals surface area (Å²) in [6.45, 7) is 0.481. The van der Waals surface area contributed by atoms with Gasteiger partial charge in [0.25, 0.3) is 0 Å². The van der Waals surface area contributed by atoms with E-state index in [0.717, 1.165) is 44.8 Å². The fourth-order valence-electron chi connectivity index (χ4n) is 6.18. The Morgan fingerprint density at radius 2 is 1.00 bits per heavy atom. The van der Waals surface area contributed by atoms with Gasteiger partial charge >= 0.3 is 0 Å². The molecule has 0 spiro atoms. The minimum atomic E-state index is 0.481. The maximum atomic E-state index is 6.19. The van der Waals surface area contributed by atoms with Crippen molar-refractivity contribution in [2.45, 2.75) is 6.54 Å². The summed E-state index contributed by atoms with van der Waals surface area (Å²) < 4.78 is 0. The first-order valence-electron chi connectivity index (χ1n) is 14.9. The van der Waals surface area contributed by atoms with Crippen molar-refractivity contribution >= 4 is 32.3 Å². The van der Waals surface area contributed by atoms with Crippen molar-refractivity contribution in [1.82, 2.24) is 9.97 Å². The molecule has 1 aromatic heterocycles. The minimum absolute atomic E-state index is 0.481. The van der Waals surface area contributed by atoms with Crippen LogP contribution in [-0.4, -0.2) is 9.97 Å².